The number of phenols is 2. The number of hydrogen-bond acceptors (Lipinski definition) is 2. The van der Waals surface area contributed by atoms with Crippen molar-refractivity contribution in [2.45, 2.75) is 47.0 Å². The molecule has 2 aromatic rings. The number of phenolic OH excluding ortho intramolecular Hbond substituents is 2. The molecule has 0 heterocycles. The highest BCUT2D eigenvalue weighted by atomic mass is 16.3. The van der Waals surface area contributed by atoms with Gasteiger partial charge in [0, 0.05) is 12.0 Å². The van der Waals surface area contributed by atoms with Gasteiger partial charge in [-0.3, -0.25) is 0 Å². The fraction of sp³-hybridized carbons (Fsp3) is 0.368. The molecule has 0 aliphatic rings. The van der Waals surface area contributed by atoms with E-state index in [-0.39, 0.29) is 0 Å². The van der Waals surface area contributed by atoms with Gasteiger partial charge in [0.1, 0.15) is 11.5 Å². The Labute approximate surface area is 127 Å². The van der Waals surface area contributed by atoms with Crippen molar-refractivity contribution in [2.24, 2.45) is 0 Å². The third kappa shape index (κ3) is 3.05. The van der Waals surface area contributed by atoms with Crippen molar-refractivity contribution in [2.75, 3.05) is 0 Å². The molecule has 0 amide bonds. The molecule has 0 saturated heterocycles. The molecule has 0 aliphatic carbocycles. The van der Waals surface area contributed by atoms with Crippen LogP contribution in [0.2, 0.25) is 0 Å². The fourth-order valence-corrected chi connectivity index (χ4v) is 2.82. The molecular formula is C19H24O2. The molecule has 0 fully saturated rings. The predicted molar refractivity (Wildman–Crippen MR) is 87.2 cm³/mol. The monoisotopic (exact) mass is 284 g/mol. The van der Waals surface area contributed by atoms with E-state index in [1.807, 2.05) is 52.0 Å². The minimum atomic E-state index is 0.365. The van der Waals surface area contributed by atoms with Crippen LogP contribution in [0.3, 0.4) is 0 Å². The van der Waals surface area contributed by atoms with Crippen molar-refractivity contribution in [3.63, 3.8) is 0 Å². The normalized spacial score (nSPS) is 10.9. The maximum absolute atomic E-state index is 10.4. The first kappa shape index (κ1) is 15.4. The SMILES string of the molecule is CCc1cc(C)cc(Cc2c(C)ccc(CC)c2O)c1O. The van der Waals surface area contributed by atoms with Gasteiger partial charge in [-0.05, 0) is 48.9 Å². The van der Waals surface area contributed by atoms with Crippen LogP contribution in [-0.2, 0) is 19.3 Å². The molecule has 0 spiro atoms. The van der Waals surface area contributed by atoms with Gasteiger partial charge in [0.15, 0.2) is 0 Å². The lowest BCUT2D eigenvalue weighted by Crippen LogP contribution is -1.98. The quantitative estimate of drug-likeness (QED) is 0.872. The first-order valence-corrected chi connectivity index (χ1v) is 7.59. The van der Waals surface area contributed by atoms with Gasteiger partial charge in [-0.2, -0.15) is 0 Å². The lowest BCUT2D eigenvalue weighted by Gasteiger charge is -2.15. The van der Waals surface area contributed by atoms with Crippen LogP contribution in [0.25, 0.3) is 0 Å². The summed E-state index contributed by atoms with van der Waals surface area (Å²) in [5.41, 5.74) is 5.93. The topological polar surface area (TPSA) is 40.5 Å². The van der Waals surface area contributed by atoms with Crippen LogP contribution < -0.4 is 0 Å². The third-order valence-corrected chi connectivity index (χ3v) is 4.14. The van der Waals surface area contributed by atoms with Crippen LogP contribution >= 0.6 is 0 Å². The van der Waals surface area contributed by atoms with Crippen LogP contribution in [-0.4, -0.2) is 10.2 Å². The lowest BCUT2D eigenvalue weighted by atomic mass is 9.93. The number of aryl methyl sites for hydroxylation is 4. The second-order valence-corrected chi connectivity index (χ2v) is 5.68. The third-order valence-electron chi connectivity index (χ3n) is 4.14. The Kier molecular flexibility index (Phi) is 4.56. The highest BCUT2D eigenvalue weighted by molar-refractivity contribution is 5.51. The van der Waals surface area contributed by atoms with Gasteiger partial charge < -0.3 is 10.2 Å². The number of benzene rings is 2. The Bertz CT molecular complexity index is 657. The molecule has 0 saturated carbocycles. The van der Waals surface area contributed by atoms with E-state index < -0.39 is 0 Å². The van der Waals surface area contributed by atoms with Gasteiger partial charge in [0.25, 0.3) is 0 Å². The maximum atomic E-state index is 10.4. The minimum Gasteiger partial charge on any atom is -0.507 e. The van der Waals surface area contributed by atoms with Crippen molar-refractivity contribution in [1.82, 2.24) is 0 Å². The largest absolute Gasteiger partial charge is 0.507 e. The number of aromatic hydroxyl groups is 2. The smallest absolute Gasteiger partial charge is 0.122 e. The summed E-state index contributed by atoms with van der Waals surface area (Å²) >= 11 is 0. The molecule has 2 nitrogen and oxygen atoms in total. The standard InChI is InChI=1S/C19H24O2/c1-5-14-8-7-13(4)17(19(14)21)11-16-10-12(3)9-15(6-2)18(16)20/h7-10,20-21H,5-6,11H2,1-4H3. The number of hydrogen-bond donors (Lipinski definition) is 2. The lowest BCUT2D eigenvalue weighted by molar-refractivity contribution is 0.455. The zero-order valence-corrected chi connectivity index (χ0v) is 13.3. The van der Waals surface area contributed by atoms with E-state index >= 15 is 0 Å². The Balaban J connectivity index is 2.50. The molecular weight excluding hydrogens is 260 g/mol. The van der Waals surface area contributed by atoms with Crippen molar-refractivity contribution in [3.8, 4) is 11.5 Å². The second-order valence-electron chi connectivity index (χ2n) is 5.68. The molecule has 0 atom stereocenters. The van der Waals surface area contributed by atoms with E-state index in [1.54, 1.807) is 0 Å². The van der Waals surface area contributed by atoms with Crippen LogP contribution in [0.15, 0.2) is 24.3 Å². The van der Waals surface area contributed by atoms with Gasteiger partial charge in [-0.25, -0.2) is 0 Å². The van der Waals surface area contributed by atoms with E-state index in [9.17, 15) is 10.2 Å². The minimum absolute atomic E-state index is 0.365. The molecule has 2 aromatic carbocycles. The summed E-state index contributed by atoms with van der Waals surface area (Å²) in [6, 6.07) is 8.04. The summed E-state index contributed by atoms with van der Waals surface area (Å²) in [7, 11) is 0. The average molecular weight is 284 g/mol. The molecule has 0 bridgehead atoms. The van der Waals surface area contributed by atoms with E-state index in [0.29, 0.717) is 17.9 Å². The number of rotatable bonds is 4. The predicted octanol–water partition coefficient (Wildman–Crippen LogP) is 4.43. The molecule has 0 aromatic heterocycles. The Morgan fingerprint density at radius 2 is 1.43 bits per heavy atom. The zero-order chi connectivity index (χ0) is 15.6. The fourth-order valence-electron chi connectivity index (χ4n) is 2.82. The summed E-state index contributed by atoms with van der Waals surface area (Å²) < 4.78 is 0. The van der Waals surface area contributed by atoms with Crippen molar-refractivity contribution in [3.05, 3.63) is 57.6 Å². The summed E-state index contributed by atoms with van der Waals surface area (Å²) in [6.07, 6.45) is 2.17. The van der Waals surface area contributed by atoms with Crippen LogP contribution in [0, 0.1) is 13.8 Å². The molecule has 2 heteroatoms. The maximum Gasteiger partial charge on any atom is 0.122 e. The summed E-state index contributed by atoms with van der Waals surface area (Å²) in [5.74, 6) is 0.736. The molecule has 0 aliphatic heterocycles. The van der Waals surface area contributed by atoms with Gasteiger partial charge in [-0.15, -0.1) is 0 Å². The first-order chi connectivity index (χ1) is 9.97. The average Bonchev–Trinajstić information content (AvgIpc) is 2.46. The second kappa shape index (κ2) is 6.21. The van der Waals surface area contributed by atoms with Gasteiger partial charge in [-0.1, -0.05) is 43.7 Å². The van der Waals surface area contributed by atoms with E-state index in [1.165, 1.54) is 0 Å². The molecule has 0 unspecified atom stereocenters. The van der Waals surface area contributed by atoms with E-state index in [4.69, 9.17) is 0 Å². The molecule has 2 N–H and O–H groups in total. The Morgan fingerprint density at radius 1 is 0.810 bits per heavy atom. The van der Waals surface area contributed by atoms with Crippen LogP contribution in [0.5, 0.6) is 11.5 Å². The zero-order valence-electron chi connectivity index (χ0n) is 13.3. The van der Waals surface area contributed by atoms with Gasteiger partial charge in [0.2, 0.25) is 0 Å². The van der Waals surface area contributed by atoms with Crippen molar-refractivity contribution >= 4 is 0 Å². The molecule has 21 heavy (non-hydrogen) atoms. The van der Waals surface area contributed by atoms with Crippen molar-refractivity contribution in [1.29, 1.82) is 0 Å². The van der Waals surface area contributed by atoms with Gasteiger partial charge >= 0.3 is 0 Å². The summed E-state index contributed by atoms with van der Waals surface area (Å²) in [4.78, 5) is 0. The molecule has 2 rings (SSSR count). The van der Waals surface area contributed by atoms with Crippen LogP contribution in [0.1, 0.15) is 47.2 Å². The Morgan fingerprint density at radius 3 is 2.05 bits per heavy atom. The molecule has 0 radical (unpaired) electrons. The summed E-state index contributed by atoms with van der Waals surface area (Å²) in [5, 5.41) is 20.8. The summed E-state index contributed by atoms with van der Waals surface area (Å²) in [6.45, 7) is 8.12. The van der Waals surface area contributed by atoms with E-state index in [0.717, 1.165) is 46.2 Å². The molecule has 112 valence electrons. The first-order valence-electron chi connectivity index (χ1n) is 7.59. The van der Waals surface area contributed by atoms with Crippen molar-refractivity contribution < 1.29 is 10.2 Å². The highest BCUT2D eigenvalue weighted by Gasteiger charge is 2.14. The highest BCUT2D eigenvalue weighted by Crippen LogP contribution is 2.33. The Hall–Kier alpha value is -1.96. The van der Waals surface area contributed by atoms with Crippen LogP contribution in [0.4, 0.5) is 0 Å². The van der Waals surface area contributed by atoms with Gasteiger partial charge in [0.05, 0.1) is 0 Å². The van der Waals surface area contributed by atoms with E-state index in [2.05, 4.69) is 0 Å².